The number of nitrogens with one attached hydrogen (secondary N) is 1. The van der Waals surface area contributed by atoms with Crippen LogP contribution >= 0.6 is 0 Å². The predicted molar refractivity (Wildman–Crippen MR) is 81.8 cm³/mol. The topological polar surface area (TPSA) is 80.3 Å². The molecular weight excluding hydrogens is 266 g/mol. The summed E-state index contributed by atoms with van der Waals surface area (Å²) in [6, 6.07) is 10.1. The van der Waals surface area contributed by atoms with Crippen molar-refractivity contribution in [3.05, 3.63) is 53.3 Å². The number of phenolic OH excluding ortho intramolecular Hbond substituents is 1. The van der Waals surface area contributed by atoms with Crippen molar-refractivity contribution in [3.63, 3.8) is 0 Å². The van der Waals surface area contributed by atoms with Crippen LogP contribution in [0.2, 0.25) is 0 Å². The van der Waals surface area contributed by atoms with E-state index in [9.17, 15) is 9.90 Å². The monoisotopic (exact) mass is 287 g/mol. The molecule has 5 nitrogen and oxygen atoms in total. The molecule has 0 unspecified atom stereocenters. The summed E-state index contributed by atoms with van der Waals surface area (Å²) in [5, 5.41) is 12.1. The largest absolute Gasteiger partial charge is 0.508 e. The number of phenols is 1. The number of nitrogens with two attached hydrogens (primary N) is 1. The number of hydrogen-bond acceptors (Lipinski definition) is 3. The van der Waals surface area contributed by atoms with E-state index in [0.29, 0.717) is 13.0 Å². The van der Waals surface area contributed by atoms with Gasteiger partial charge in [0.2, 0.25) is 5.91 Å². The van der Waals surface area contributed by atoms with Crippen molar-refractivity contribution in [2.45, 2.75) is 25.9 Å². The molecule has 112 valence electrons. The Kier molecular flexibility index (Phi) is 4.65. The Labute approximate surface area is 124 Å². The maximum Gasteiger partial charge on any atom is 0.237 e. The number of nitrogens with zero attached hydrogens (tertiary/aromatic N) is 1. The second kappa shape index (κ2) is 6.45. The smallest absolute Gasteiger partial charge is 0.237 e. The first-order chi connectivity index (χ1) is 9.97. The molecule has 2 rings (SSSR count). The van der Waals surface area contributed by atoms with Crippen LogP contribution in [0.3, 0.4) is 0 Å². The van der Waals surface area contributed by atoms with E-state index in [1.165, 1.54) is 0 Å². The molecule has 2 aromatic rings. The summed E-state index contributed by atoms with van der Waals surface area (Å²) < 4.78 is 2.03. The molecular formula is C16H21N3O2. The zero-order valence-electron chi connectivity index (χ0n) is 12.3. The van der Waals surface area contributed by atoms with Crippen molar-refractivity contribution >= 4 is 5.91 Å². The number of aromatic nitrogens is 1. The third-order valence-corrected chi connectivity index (χ3v) is 3.65. The fourth-order valence-corrected chi connectivity index (χ4v) is 2.13. The molecule has 0 fully saturated rings. The Balaban J connectivity index is 1.88. The fourth-order valence-electron chi connectivity index (χ4n) is 2.13. The van der Waals surface area contributed by atoms with Crippen LogP contribution in [-0.2, 0) is 24.8 Å². The molecule has 0 saturated carbocycles. The van der Waals surface area contributed by atoms with Crippen molar-refractivity contribution in [2.24, 2.45) is 12.8 Å². The van der Waals surface area contributed by atoms with Crippen molar-refractivity contribution in [3.8, 4) is 5.75 Å². The molecule has 1 aromatic carbocycles. The summed E-state index contributed by atoms with van der Waals surface area (Å²) in [4.78, 5) is 12.0. The molecule has 1 heterocycles. The van der Waals surface area contributed by atoms with Gasteiger partial charge in [-0.3, -0.25) is 4.79 Å². The lowest BCUT2D eigenvalue weighted by atomic mass is 10.1. The first-order valence-electron chi connectivity index (χ1n) is 6.90. The second-order valence-electron chi connectivity index (χ2n) is 5.22. The number of aryl methyl sites for hydroxylation is 1. The lowest BCUT2D eigenvalue weighted by molar-refractivity contribution is -0.122. The Hall–Kier alpha value is -2.27. The average molecular weight is 287 g/mol. The number of hydrogen-bond donors (Lipinski definition) is 3. The SMILES string of the molecule is Cc1ccc(CNC(=O)[C@H](N)Cc2ccc(O)cc2)n1C. The van der Waals surface area contributed by atoms with E-state index in [0.717, 1.165) is 17.0 Å². The molecule has 0 saturated heterocycles. The fraction of sp³-hybridized carbons (Fsp3) is 0.312. The standard InChI is InChI=1S/C16H21N3O2/c1-11-3-6-13(19(11)2)10-18-16(21)15(17)9-12-4-7-14(20)8-5-12/h3-8,15,20H,9-10,17H2,1-2H3,(H,18,21)/t15-/m1/s1. The van der Waals surface area contributed by atoms with E-state index >= 15 is 0 Å². The van der Waals surface area contributed by atoms with Crippen molar-refractivity contribution in [1.82, 2.24) is 9.88 Å². The predicted octanol–water partition coefficient (Wildman–Crippen LogP) is 1.23. The number of rotatable bonds is 5. The highest BCUT2D eigenvalue weighted by molar-refractivity contribution is 5.81. The van der Waals surface area contributed by atoms with Crippen LogP contribution in [0.25, 0.3) is 0 Å². The first kappa shape index (κ1) is 15.1. The van der Waals surface area contributed by atoms with Crippen molar-refractivity contribution in [1.29, 1.82) is 0 Å². The highest BCUT2D eigenvalue weighted by atomic mass is 16.3. The number of amides is 1. The highest BCUT2D eigenvalue weighted by Crippen LogP contribution is 2.11. The van der Waals surface area contributed by atoms with E-state index in [2.05, 4.69) is 5.32 Å². The third-order valence-electron chi connectivity index (χ3n) is 3.65. The van der Waals surface area contributed by atoms with Gasteiger partial charge in [-0.1, -0.05) is 12.1 Å². The molecule has 1 amide bonds. The van der Waals surface area contributed by atoms with Gasteiger partial charge >= 0.3 is 0 Å². The van der Waals surface area contributed by atoms with E-state index in [1.807, 2.05) is 30.7 Å². The van der Waals surface area contributed by atoms with Gasteiger partial charge in [0, 0.05) is 18.4 Å². The zero-order chi connectivity index (χ0) is 15.4. The summed E-state index contributed by atoms with van der Waals surface area (Å²) in [5.74, 6) is 0.0257. The molecule has 0 spiro atoms. The van der Waals surface area contributed by atoms with E-state index in [4.69, 9.17) is 5.73 Å². The van der Waals surface area contributed by atoms with E-state index in [1.54, 1.807) is 24.3 Å². The van der Waals surface area contributed by atoms with Gasteiger partial charge in [-0.25, -0.2) is 0 Å². The van der Waals surface area contributed by atoms with Gasteiger partial charge in [0.1, 0.15) is 5.75 Å². The first-order valence-corrected chi connectivity index (χ1v) is 6.90. The van der Waals surface area contributed by atoms with Gasteiger partial charge in [-0.2, -0.15) is 0 Å². The number of aromatic hydroxyl groups is 1. The third kappa shape index (κ3) is 3.86. The number of carbonyl (C=O) groups is 1. The molecule has 4 N–H and O–H groups in total. The number of benzene rings is 1. The summed E-state index contributed by atoms with van der Waals surface area (Å²) in [6.07, 6.45) is 0.443. The molecule has 1 atom stereocenters. The van der Waals surface area contributed by atoms with Gasteiger partial charge < -0.3 is 20.7 Å². The molecule has 5 heteroatoms. The van der Waals surface area contributed by atoms with Crippen molar-refractivity contribution < 1.29 is 9.90 Å². The maximum atomic E-state index is 12.0. The molecule has 0 aliphatic rings. The number of carbonyl (C=O) groups excluding carboxylic acids is 1. The van der Waals surface area contributed by atoms with Crippen LogP contribution in [0, 0.1) is 6.92 Å². The van der Waals surface area contributed by atoms with Gasteiger partial charge in [-0.15, -0.1) is 0 Å². The molecule has 1 aromatic heterocycles. The molecule has 0 radical (unpaired) electrons. The van der Waals surface area contributed by atoms with Gasteiger partial charge in [0.25, 0.3) is 0 Å². The minimum absolute atomic E-state index is 0.179. The van der Waals surface area contributed by atoms with Gasteiger partial charge in [-0.05, 0) is 43.2 Å². The van der Waals surface area contributed by atoms with Crippen LogP contribution in [0.4, 0.5) is 0 Å². The van der Waals surface area contributed by atoms with Crippen LogP contribution in [0.5, 0.6) is 5.75 Å². The minimum atomic E-state index is -0.601. The Morgan fingerprint density at radius 2 is 1.95 bits per heavy atom. The summed E-state index contributed by atoms with van der Waals surface area (Å²) in [6.45, 7) is 2.48. The summed E-state index contributed by atoms with van der Waals surface area (Å²) >= 11 is 0. The maximum absolute atomic E-state index is 12.0. The molecule has 21 heavy (non-hydrogen) atoms. The minimum Gasteiger partial charge on any atom is -0.508 e. The lowest BCUT2D eigenvalue weighted by Gasteiger charge is -2.13. The van der Waals surface area contributed by atoms with Crippen LogP contribution < -0.4 is 11.1 Å². The van der Waals surface area contributed by atoms with E-state index in [-0.39, 0.29) is 11.7 Å². The zero-order valence-corrected chi connectivity index (χ0v) is 12.3. The van der Waals surface area contributed by atoms with Crippen molar-refractivity contribution in [2.75, 3.05) is 0 Å². The Morgan fingerprint density at radius 1 is 1.29 bits per heavy atom. The van der Waals surface area contributed by atoms with E-state index < -0.39 is 6.04 Å². The summed E-state index contributed by atoms with van der Waals surface area (Å²) in [7, 11) is 1.97. The lowest BCUT2D eigenvalue weighted by Crippen LogP contribution is -2.41. The van der Waals surface area contributed by atoms with Gasteiger partial charge in [0.15, 0.2) is 0 Å². The Bertz CT molecular complexity index is 617. The molecule has 0 aliphatic heterocycles. The summed E-state index contributed by atoms with van der Waals surface area (Å²) in [5.41, 5.74) is 9.02. The Morgan fingerprint density at radius 3 is 2.52 bits per heavy atom. The molecule has 0 aliphatic carbocycles. The highest BCUT2D eigenvalue weighted by Gasteiger charge is 2.14. The molecule has 0 bridgehead atoms. The van der Waals surface area contributed by atoms with Crippen LogP contribution in [0.1, 0.15) is 17.0 Å². The quantitative estimate of drug-likeness (QED) is 0.773. The average Bonchev–Trinajstić information content (AvgIpc) is 2.78. The van der Waals surface area contributed by atoms with Crippen LogP contribution in [0.15, 0.2) is 36.4 Å². The van der Waals surface area contributed by atoms with Gasteiger partial charge in [0.05, 0.1) is 12.6 Å². The van der Waals surface area contributed by atoms with Crippen LogP contribution in [-0.4, -0.2) is 21.6 Å². The normalized spacial score (nSPS) is 12.1. The second-order valence-corrected chi connectivity index (χ2v) is 5.22.